The number of rotatable bonds is 4. The van der Waals surface area contributed by atoms with Crippen LogP contribution in [0, 0.1) is 0 Å². The molecule has 3 rings (SSSR count). The monoisotopic (exact) mass is 330 g/mol. The van der Waals surface area contributed by atoms with Crippen molar-refractivity contribution in [3.05, 3.63) is 40.8 Å². The maximum absolute atomic E-state index is 12.0. The van der Waals surface area contributed by atoms with E-state index < -0.39 is 0 Å². The minimum atomic E-state index is -0.280. The molecule has 1 aliphatic rings. The molecule has 2 heterocycles. The quantitative estimate of drug-likeness (QED) is 0.904. The molecule has 6 nitrogen and oxygen atoms in total. The zero-order valence-corrected chi connectivity index (χ0v) is 13.6. The van der Waals surface area contributed by atoms with Crippen LogP contribution in [0.5, 0.6) is 0 Å². The maximum atomic E-state index is 12.0. The summed E-state index contributed by atoms with van der Waals surface area (Å²) in [4.78, 5) is 29.7. The summed E-state index contributed by atoms with van der Waals surface area (Å²) < 4.78 is 0. The van der Waals surface area contributed by atoms with E-state index in [1.165, 1.54) is 11.3 Å². The minimum Gasteiger partial charge on any atom is -0.329 e. The van der Waals surface area contributed by atoms with E-state index in [1.807, 2.05) is 24.4 Å². The molecule has 0 aliphatic carbocycles. The summed E-state index contributed by atoms with van der Waals surface area (Å²) in [5, 5.41) is 8.37. The second-order valence-corrected chi connectivity index (χ2v) is 6.31. The van der Waals surface area contributed by atoms with Gasteiger partial charge in [0.2, 0.25) is 5.91 Å². The third kappa shape index (κ3) is 3.68. The summed E-state index contributed by atoms with van der Waals surface area (Å²) in [6, 6.07) is 6.88. The lowest BCUT2D eigenvalue weighted by Crippen LogP contribution is -2.31. The highest BCUT2D eigenvalue weighted by Crippen LogP contribution is 2.23. The van der Waals surface area contributed by atoms with Crippen LogP contribution in [0.1, 0.15) is 30.8 Å². The van der Waals surface area contributed by atoms with Gasteiger partial charge in [-0.25, -0.2) is 9.78 Å². The van der Waals surface area contributed by atoms with Gasteiger partial charge < -0.3 is 15.5 Å². The second-order valence-electron chi connectivity index (χ2n) is 5.39. The molecular weight excluding hydrogens is 312 g/mol. The highest BCUT2D eigenvalue weighted by molar-refractivity contribution is 7.09. The molecule has 0 saturated carbocycles. The van der Waals surface area contributed by atoms with Crippen molar-refractivity contribution in [3.8, 4) is 0 Å². The minimum absolute atomic E-state index is 0.142. The molecular formula is C16H18N4O2S. The summed E-state index contributed by atoms with van der Waals surface area (Å²) in [5.41, 5.74) is 1.55. The molecule has 0 spiro atoms. The molecule has 1 aromatic heterocycles. The zero-order valence-electron chi connectivity index (χ0n) is 12.8. The van der Waals surface area contributed by atoms with E-state index in [0.29, 0.717) is 12.1 Å². The number of carbonyl (C=O) groups is 2. The third-order valence-corrected chi connectivity index (χ3v) is 4.64. The Morgan fingerprint density at radius 2 is 2.13 bits per heavy atom. The predicted molar refractivity (Wildman–Crippen MR) is 90.7 cm³/mol. The average Bonchev–Trinajstić information content (AvgIpc) is 3.19. The molecule has 23 heavy (non-hydrogen) atoms. The van der Waals surface area contributed by atoms with Crippen LogP contribution >= 0.6 is 11.3 Å². The number of aromatic nitrogens is 1. The van der Waals surface area contributed by atoms with Gasteiger partial charge in [-0.05, 0) is 37.6 Å². The summed E-state index contributed by atoms with van der Waals surface area (Å²) in [7, 11) is 0. The topological polar surface area (TPSA) is 74.3 Å². The Balaban J connectivity index is 1.57. The Bertz CT molecular complexity index is 685. The van der Waals surface area contributed by atoms with Crippen LogP contribution in [0.2, 0.25) is 0 Å². The van der Waals surface area contributed by atoms with Crippen molar-refractivity contribution in [2.24, 2.45) is 0 Å². The number of hydrogen-bond acceptors (Lipinski definition) is 4. The van der Waals surface area contributed by atoms with Crippen molar-refractivity contribution in [2.75, 3.05) is 16.8 Å². The van der Waals surface area contributed by atoms with Crippen molar-refractivity contribution in [1.29, 1.82) is 0 Å². The van der Waals surface area contributed by atoms with Crippen molar-refractivity contribution in [3.63, 3.8) is 0 Å². The highest BCUT2D eigenvalue weighted by atomic mass is 32.1. The molecule has 1 aliphatic heterocycles. The van der Waals surface area contributed by atoms with Gasteiger partial charge in [-0.15, -0.1) is 11.3 Å². The Kier molecular flexibility index (Phi) is 4.57. The van der Waals surface area contributed by atoms with Crippen LogP contribution < -0.4 is 15.5 Å². The number of hydrogen-bond donors (Lipinski definition) is 2. The molecule has 2 N–H and O–H groups in total. The van der Waals surface area contributed by atoms with E-state index in [4.69, 9.17) is 0 Å². The van der Waals surface area contributed by atoms with Gasteiger partial charge in [0.15, 0.2) is 0 Å². The first-order valence-corrected chi connectivity index (χ1v) is 8.39. The van der Waals surface area contributed by atoms with Gasteiger partial charge in [0.05, 0.1) is 6.04 Å². The number of anilines is 2. The summed E-state index contributed by atoms with van der Waals surface area (Å²) >= 11 is 1.50. The predicted octanol–water partition coefficient (Wildman–Crippen LogP) is 3.15. The largest absolute Gasteiger partial charge is 0.329 e. The molecule has 1 aromatic carbocycles. The first-order chi connectivity index (χ1) is 11.1. The van der Waals surface area contributed by atoms with Crippen molar-refractivity contribution in [2.45, 2.75) is 25.8 Å². The normalized spacial score (nSPS) is 15.5. The van der Waals surface area contributed by atoms with E-state index in [-0.39, 0.29) is 18.0 Å². The fraction of sp³-hybridized carbons (Fsp3) is 0.312. The van der Waals surface area contributed by atoms with Crippen molar-refractivity contribution >= 4 is 34.6 Å². The fourth-order valence-electron chi connectivity index (χ4n) is 2.52. The molecule has 1 atom stereocenters. The first kappa shape index (κ1) is 15.5. The van der Waals surface area contributed by atoms with E-state index in [9.17, 15) is 9.59 Å². The number of carbonyl (C=O) groups excluding carboxylic acids is 2. The lowest BCUT2D eigenvalue weighted by Gasteiger charge is -2.16. The summed E-state index contributed by atoms with van der Waals surface area (Å²) in [6.07, 6.45) is 3.22. The summed E-state index contributed by atoms with van der Waals surface area (Å²) in [5.74, 6) is 0.153. The standard InChI is InChI=1S/C16H18N4O2S/c1-11(15-17-8-10-23-15)18-16(22)19-12-4-6-13(7-5-12)20-9-2-3-14(20)21/h4-8,10-11H,2-3,9H2,1H3,(H2,18,19,22)/t11-/m1/s1. The van der Waals surface area contributed by atoms with Gasteiger partial charge in [0, 0.05) is 35.9 Å². The Hall–Kier alpha value is -2.41. The second kappa shape index (κ2) is 6.78. The molecule has 1 saturated heterocycles. The molecule has 7 heteroatoms. The number of nitrogens with one attached hydrogen (secondary N) is 2. The van der Waals surface area contributed by atoms with Gasteiger partial charge in [-0.2, -0.15) is 0 Å². The van der Waals surface area contributed by atoms with Crippen molar-refractivity contribution < 1.29 is 9.59 Å². The number of amides is 3. The number of urea groups is 1. The number of benzene rings is 1. The van der Waals surface area contributed by atoms with E-state index in [1.54, 1.807) is 23.2 Å². The van der Waals surface area contributed by atoms with Crippen LogP contribution in [-0.2, 0) is 4.79 Å². The molecule has 3 amide bonds. The van der Waals surface area contributed by atoms with E-state index >= 15 is 0 Å². The Morgan fingerprint density at radius 3 is 2.74 bits per heavy atom. The lowest BCUT2D eigenvalue weighted by molar-refractivity contribution is -0.117. The molecule has 0 bridgehead atoms. The van der Waals surface area contributed by atoms with Gasteiger partial charge in [0.1, 0.15) is 5.01 Å². The first-order valence-electron chi connectivity index (χ1n) is 7.51. The van der Waals surface area contributed by atoms with Crippen LogP contribution in [0.15, 0.2) is 35.8 Å². The van der Waals surface area contributed by atoms with Crippen molar-refractivity contribution in [1.82, 2.24) is 10.3 Å². The van der Waals surface area contributed by atoms with Gasteiger partial charge in [-0.3, -0.25) is 4.79 Å². The van der Waals surface area contributed by atoms with Gasteiger partial charge >= 0.3 is 6.03 Å². The molecule has 0 radical (unpaired) electrons. The van der Waals surface area contributed by atoms with Crippen LogP contribution in [0.4, 0.5) is 16.2 Å². The Morgan fingerprint density at radius 1 is 1.35 bits per heavy atom. The number of thiazole rings is 1. The number of nitrogens with zero attached hydrogens (tertiary/aromatic N) is 2. The maximum Gasteiger partial charge on any atom is 0.319 e. The fourth-order valence-corrected chi connectivity index (χ4v) is 3.17. The lowest BCUT2D eigenvalue weighted by atomic mass is 10.2. The van der Waals surface area contributed by atoms with Crippen LogP contribution in [0.25, 0.3) is 0 Å². The average molecular weight is 330 g/mol. The van der Waals surface area contributed by atoms with E-state index in [2.05, 4.69) is 15.6 Å². The van der Waals surface area contributed by atoms with Crippen LogP contribution in [0.3, 0.4) is 0 Å². The van der Waals surface area contributed by atoms with E-state index in [0.717, 1.165) is 23.7 Å². The van der Waals surface area contributed by atoms with Gasteiger partial charge in [-0.1, -0.05) is 0 Å². The molecule has 2 aromatic rings. The SMILES string of the molecule is C[C@@H](NC(=O)Nc1ccc(N2CCCC2=O)cc1)c1nccs1. The zero-order chi connectivity index (χ0) is 16.2. The molecule has 0 unspecified atom stereocenters. The smallest absolute Gasteiger partial charge is 0.319 e. The highest BCUT2D eigenvalue weighted by Gasteiger charge is 2.21. The molecule has 1 fully saturated rings. The van der Waals surface area contributed by atoms with Crippen LogP contribution in [-0.4, -0.2) is 23.5 Å². The summed E-state index contributed by atoms with van der Waals surface area (Å²) in [6.45, 7) is 2.65. The third-order valence-electron chi connectivity index (χ3n) is 3.68. The molecule has 120 valence electrons. The van der Waals surface area contributed by atoms with Gasteiger partial charge in [0.25, 0.3) is 0 Å². The Labute approximate surface area is 138 Å².